The number of ether oxygens (including phenoxy) is 1. The van der Waals surface area contributed by atoms with Gasteiger partial charge in [0.2, 0.25) is 0 Å². The molecule has 0 aromatic heterocycles. The monoisotopic (exact) mass is 619 g/mol. The van der Waals surface area contributed by atoms with Gasteiger partial charge in [0.25, 0.3) is 5.91 Å². The molecular formula is C30H41N3O7S2. The molecule has 42 heavy (non-hydrogen) atoms. The van der Waals surface area contributed by atoms with Crippen LogP contribution in [0.15, 0.2) is 39.0 Å². The molecule has 0 atom stereocenters. The molecule has 0 radical (unpaired) electrons. The summed E-state index contributed by atoms with van der Waals surface area (Å²) in [5, 5.41) is 0. The summed E-state index contributed by atoms with van der Waals surface area (Å²) in [6.07, 6.45) is 9.49. The summed E-state index contributed by atoms with van der Waals surface area (Å²) in [6.45, 7) is 4.03. The average molecular weight is 620 g/mol. The van der Waals surface area contributed by atoms with E-state index in [0.717, 1.165) is 73.5 Å². The van der Waals surface area contributed by atoms with Crippen molar-refractivity contribution in [2.75, 3.05) is 19.6 Å². The van der Waals surface area contributed by atoms with Gasteiger partial charge in [-0.05, 0) is 84.7 Å². The van der Waals surface area contributed by atoms with Gasteiger partial charge in [0.15, 0.2) is 25.6 Å². The molecule has 0 spiro atoms. The number of rotatable bonds is 10. The summed E-state index contributed by atoms with van der Waals surface area (Å²) < 4.78 is 52.8. The first kappa shape index (κ1) is 33.3. The molecule has 2 aromatic rings. The van der Waals surface area contributed by atoms with Crippen molar-refractivity contribution in [1.82, 2.24) is 0 Å². The highest BCUT2D eigenvalue weighted by Gasteiger charge is 2.32. The molecule has 2 saturated carbocycles. The smallest absolute Gasteiger partial charge is 0.338 e. The Bertz CT molecular complexity index is 1600. The quantitative estimate of drug-likeness (QED) is 0.226. The van der Waals surface area contributed by atoms with Crippen molar-refractivity contribution in [3.05, 3.63) is 57.6 Å². The number of amides is 1. The first-order valence-corrected chi connectivity index (χ1v) is 17.9. The van der Waals surface area contributed by atoms with E-state index >= 15 is 0 Å². The van der Waals surface area contributed by atoms with Crippen LogP contribution >= 0.6 is 0 Å². The van der Waals surface area contributed by atoms with Crippen LogP contribution in [0.5, 0.6) is 0 Å². The van der Waals surface area contributed by atoms with Crippen LogP contribution in [0.25, 0.3) is 0 Å². The van der Waals surface area contributed by atoms with Crippen molar-refractivity contribution in [2.24, 2.45) is 16.5 Å². The van der Waals surface area contributed by atoms with Crippen molar-refractivity contribution < 1.29 is 31.2 Å². The summed E-state index contributed by atoms with van der Waals surface area (Å²) in [5.74, 6) is -0.814. The van der Waals surface area contributed by atoms with Crippen LogP contribution < -0.4 is 11.5 Å². The molecule has 12 heteroatoms. The predicted octanol–water partition coefficient (Wildman–Crippen LogP) is 4.04. The maximum Gasteiger partial charge on any atom is 0.338 e. The molecule has 1 amide bonds. The Kier molecular flexibility index (Phi) is 10.6. The van der Waals surface area contributed by atoms with Gasteiger partial charge in [-0.3, -0.25) is 4.79 Å². The Morgan fingerprint density at radius 1 is 0.786 bits per heavy atom. The maximum atomic E-state index is 12.2. The minimum Gasteiger partial charge on any atom is -0.465 e. The second-order valence-electron chi connectivity index (χ2n) is 11.0. The van der Waals surface area contributed by atoms with Crippen LogP contribution in [0.4, 0.5) is 0 Å². The molecule has 0 saturated heterocycles. The number of hydrogen-bond acceptors (Lipinski definition) is 7. The first-order valence-electron chi connectivity index (χ1n) is 14.1. The van der Waals surface area contributed by atoms with Crippen molar-refractivity contribution in [3.8, 4) is 0 Å². The van der Waals surface area contributed by atoms with Crippen LogP contribution in [0, 0.1) is 0 Å². The Balaban J connectivity index is 0.000000231. The van der Waals surface area contributed by atoms with Crippen LogP contribution in [0.3, 0.4) is 0 Å². The Hall–Kier alpha value is -3.25. The number of nitrogens with zero attached hydrogens (tertiary/aromatic N) is 1. The first-order chi connectivity index (χ1) is 19.6. The van der Waals surface area contributed by atoms with Gasteiger partial charge in [0.05, 0.1) is 22.5 Å². The van der Waals surface area contributed by atoms with Gasteiger partial charge < -0.3 is 16.2 Å². The van der Waals surface area contributed by atoms with E-state index in [1.165, 1.54) is 25.5 Å². The minimum absolute atomic E-state index is 0.212. The topological polar surface area (TPSA) is 176 Å². The Morgan fingerprint density at radius 3 is 1.52 bits per heavy atom. The summed E-state index contributed by atoms with van der Waals surface area (Å²) in [4.78, 5) is 28.1. The summed E-state index contributed by atoms with van der Waals surface area (Å²) in [6, 6.07) is 6.67. The number of hydrogen-bond donors (Lipinski definition) is 2. The molecule has 4 rings (SSSR count). The number of carbonyl (C=O) groups excluding carboxylic acids is 2. The zero-order valence-electron chi connectivity index (χ0n) is 24.9. The molecule has 0 unspecified atom stereocenters. The number of nitrogens with two attached hydrogens (primary N) is 2. The zero-order valence-corrected chi connectivity index (χ0v) is 26.5. The second-order valence-corrected chi connectivity index (χ2v) is 15.0. The lowest BCUT2D eigenvalue weighted by atomic mass is 9.97. The molecule has 230 valence electrons. The lowest BCUT2D eigenvalue weighted by molar-refractivity contribution is 0.0599. The molecule has 2 aliphatic carbocycles. The van der Waals surface area contributed by atoms with Crippen molar-refractivity contribution in [3.63, 3.8) is 0 Å². The molecule has 0 heterocycles. The summed E-state index contributed by atoms with van der Waals surface area (Å²) in [7, 11) is -5.45. The third-order valence-corrected chi connectivity index (χ3v) is 9.51. The molecule has 4 N–H and O–H groups in total. The van der Waals surface area contributed by atoms with Gasteiger partial charge in [-0.15, -0.1) is 0 Å². The van der Waals surface area contributed by atoms with Crippen LogP contribution in [-0.2, 0) is 37.3 Å². The van der Waals surface area contributed by atoms with Crippen LogP contribution in [0.1, 0.15) is 107 Å². The highest BCUT2D eigenvalue weighted by molar-refractivity contribution is 7.91. The summed E-state index contributed by atoms with van der Waals surface area (Å²) >= 11 is 0. The SMILES string of the molecule is CCCc1cc(C2CC2)c(S(C)(=O)=O)cc1C(=O)N=C(N)N.CCCc1cc(C2CC2)c(S(C)(=O)=O)cc1C(=O)OC. The van der Waals surface area contributed by atoms with Gasteiger partial charge in [0.1, 0.15) is 0 Å². The van der Waals surface area contributed by atoms with Crippen molar-refractivity contribution in [2.45, 2.75) is 86.8 Å². The molecular weight excluding hydrogens is 578 g/mol. The van der Waals surface area contributed by atoms with Gasteiger partial charge in [-0.25, -0.2) is 21.6 Å². The Labute approximate surface area is 248 Å². The number of sulfone groups is 2. The standard InChI is InChI=1S/C15H21N3O3S.C15H20O4S/c1-3-4-10-7-11(9-5-6-9)13(22(2,20)21)8-12(10)14(19)18-15(16)17;1-4-5-11-8-12(10-6-7-10)14(20(3,17)18)9-13(11)15(16)19-2/h7-9H,3-6H2,1-2H3,(H4,16,17,18,19);8-10H,4-7H2,1-3H3. The minimum atomic E-state index is -3.42. The van der Waals surface area contributed by atoms with E-state index in [1.807, 2.05) is 26.0 Å². The van der Waals surface area contributed by atoms with E-state index in [0.29, 0.717) is 17.9 Å². The van der Waals surface area contributed by atoms with E-state index in [-0.39, 0.29) is 27.2 Å². The van der Waals surface area contributed by atoms with Gasteiger partial charge >= 0.3 is 5.97 Å². The van der Waals surface area contributed by atoms with E-state index in [1.54, 1.807) is 0 Å². The van der Waals surface area contributed by atoms with E-state index in [9.17, 15) is 26.4 Å². The fourth-order valence-electron chi connectivity index (χ4n) is 4.99. The average Bonchev–Trinajstić information content (AvgIpc) is 3.80. The molecule has 0 aliphatic heterocycles. The van der Waals surface area contributed by atoms with Crippen molar-refractivity contribution in [1.29, 1.82) is 0 Å². The number of aliphatic imine (C=N–C) groups is 1. The third kappa shape index (κ3) is 8.41. The molecule has 0 bridgehead atoms. The fourth-order valence-corrected chi connectivity index (χ4v) is 6.96. The lowest BCUT2D eigenvalue weighted by Gasteiger charge is -2.14. The van der Waals surface area contributed by atoms with Gasteiger partial charge in [-0.1, -0.05) is 38.8 Å². The van der Waals surface area contributed by atoms with Gasteiger partial charge in [0, 0.05) is 18.1 Å². The normalized spacial score (nSPS) is 14.9. The molecule has 2 fully saturated rings. The zero-order chi connectivity index (χ0) is 31.4. The molecule has 2 aliphatic rings. The van der Waals surface area contributed by atoms with Crippen molar-refractivity contribution >= 4 is 37.5 Å². The number of aryl methyl sites for hydroxylation is 2. The lowest BCUT2D eigenvalue weighted by Crippen LogP contribution is -2.24. The van der Waals surface area contributed by atoms with E-state index in [4.69, 9.17) is 16.2 Å². The van der Waals surface area contributed by atoms with Crippen LogP contribution in [0.2, 0.25) is 0 Å². The maximum absolute atomic E-state index is 12.2. The van der Waals surface area contributed by atoms with E-state index in [2.05, 4.69) is 4.99 Å². The van der Waals surface area contributed by atoms with Crippen LogP contribution in [-0.4, -0.2) is 54.3 Å². The highest BCUT2D eigenvalue weighted by Crippen LogP contribution is 2.45. The number of guanidine groups is 1. The van der Waals surface area contributed by atoms with E-state index < -0.39 is 31.6 Å². The third-order valence-electron chi connectivity index (χ3n) is 7.21. The fraction of sp³-hybridized carbons (Fsp3) is 0.500. The number of esters is 1. The number of benzene rings is 2. The number of carbonyl (C=O) groups is 2. The molecule has 10 nitrogen and oxygen atoms in total. The highest BCUT2D eigenvalue weighted by atomic mass is 32.2. The predicted molar refractivity (Wildman–Crippen MR) is 163 cm³/mol. The largest absolute Gasteiger partial charge is 0.465 e. The summed E-state index contributed by atoms with van der Waals surface area (Å²) in [5.41, 5.74) is 14.5. The second kappa shape index (κ2) is 13.4. The van der Waals surface area contributed by atoms with Gasteiger partial charge in [-0.2, -0.15) is 4.99 Å². The molecule has 2 aromatic carbocycles. The number of methoxy groups -OCH3 is 1. The Morgan fingerprint density at radius 2 is 1.19 bits per heavy atom.